The number of rotatable bonds is 0. The van der Waals surface area contributed by atoms with E-state index in [-0.39, 0.29) is 5.12 Å². The van der Waals surface area contributed by atoms with Crippen LogP contribution in [0.1, 0.15) is 34.7 Å². The molecule has 0 amide bonds. The van der Waals surface area contributed by atoms with Gasteiger partial charge in [-0.1, -0.05) is 47.8 Å². The monoisotopic (exact) mass is 376 g/mol. The van der Waals surface area contributed by atoms with Crippen LogP contribution in [0.4, 0.5) is 0 Å². The SMILES string of the molecule is CC(=O)SC#Cc1ccc(C#Cc2ccc(C#Cc3ccccc3)cc2)cc1. The van der Waals surface area contributed by atoms with Crippen LogP contribution in [0.25, 0.3) is 0 Å². The minimum absolute atomic E-state index is 0.00736. The molecule has 3 aromatic rings. The maximum Gasteiger partial charge on any atom is 0.198 e. The molecule has 0 heterocycles. The molecule has 3 rings (SSSR count). The molecular weight excluding hydrogens is 360 g/mol. The molecule has 0 radical (unpaired) electrons. The van der Waals surface area contributed by atoms with Gasteiger partial charge in [-0.2, -0.15) is 0 Å². The summed E-state index contributed by atoms with van der Waals surface area (Å²) in [6.07, 6.45) is 0. The number of benzene rings is 3. The fourth-order valence-corrected chi connectivity index (χ4v) is 2.55. The third kappa shape index (κ3) is 6.26. The molecule has 28 heavy (non-hydrogen) atoms. The first-order valence-corrected chi connectivity index (χ1v) is 9.48. The van der Waals surface area contributed by atoms with Crippen molar-refractivity contribution in [3.8, 4) is 34.9 Å². The van der Waals surface area contributed by atoms with Crippen LogP contribution in [0.15, 0.2) is 78.9 Å². The molecule has 0 N–H and O–H groups in total. The highest BCUT2D eigenvalue weighted by Crippen LogP contribution is 2.06. The van der Waals surface area contributed by atoms with Crippen LogP contribution in [0.3, 0.4) is 0 Å². The van der Waals surface area contributed by atoms with Crippen molar-refractivity contribution in [3.63, 3.8) is 0 Å². The van der Waals surface area contributed by atoms with Crippen LogP contribution < -0.4 is 0 Å². The maximum atomic E-state index is 10.9. The van der Waals surface area contributed by atoms with Crippen LogP contribution in [-0.4, -0.2) is 5.12 Å². The molecule has 0 aliphatic carbocycles. The molecule has 0 bridgehead atoms. The van der Waals surface area contributed by atoms with Gasteiger partial charge in [0.05, 0.1) is 0 Å². The first kappa shape index (κ1) is 19.1. The predicted octanol–water partition coefficient (Wildman–Crippen LogP) is 5.07. The highest BCUT2D eigenvalue weighted by atomic mass is 32.2. The number of hydrogen-bond donors (Lipinski definition) is 0. The molecule has 132 valence electrons. The summed E-state index contributed by atoms with van der Waals surface area (Å²) < 4.78 is 0. The Morgan fingerprint density at radius 3 is 1.32 bits per heavy atom. The van der Waals surface area contributed by atoms with E-state index >= 15 is 0 Å². The highest BCUT2D eigenvalue weighted by Gasteiger charge is 1.92. The van der Waals surface area contributed by atoms with Crippen LogP contribution in [0.2, 0.25) is 0 Å². The second kappa shape index (κ2) is 9.89. The van der Waals surface area contributed by atoms with Crippen molar-refractivity contribution in [1.29, 1.82) is 0 Å². The Kier molecular flexibility index (Phi) is 6.76. The smallest absolute Gasteiger partial charge is 0.198 e. The van der Waals surface area contributed by atoms with Crippen molar-refractivity contribution in [1.82, 2.24) is 0 Å². The van der Waals surface area contributed by atoms with Crippen LogP contribution in [0.5, 0.6) is 0 Å². The average molecular weight is 376 g/mol. The topological polar surface area (TPSA) is 17.1 Å². The van der Waals surface area contributed by atoms with Gasteiger partial charge >= 0.3 is 0 Å². The zero-order chi connectivity index (χ0) is 19.6. The normalized spacial score (nSPS) is 9.04. The first-order valence-electron chi connectivity index (χ1n) is 8.67. The van der Waals surface area contributed by atoms with E-state index in [4.69, 9.17) is 0 Å². The molecule has 0 aromatic heterocycles. The molecule has 0 unspecified atom stereocenters. The van der Waals surface area contributed by atoms with Crippen LogP contribution >= 0.6 is 11.8 Å². The second-order valence-corrected chi connectivity index (χ2v) is 6.82. The number of hydrogen-bond acceptors (Lipinski definition) is 2. The van der Waals surface area contributed by atoms with Crippen molar-refractivity contribution < 1.29 is 4.79 Å². The zero-order valence-electron chi connectivity index (χ0n) is 15.3. The lowest BCUT2D eigenvalue weighted by molar-refractivity contribution is -0.109. The van der Waals surface area contributed by atoms with E-state index in [1.807, 2.05) is 78.9 Å². The minimum Gasteiger partial charge on any atom is -0.287 e. The van der Waals surface area contributed by atoms with Gasteiger partial charge in [0.25, 0.3) is 0 Å². The third-order valence-corrected chi connectivity index (χ3v) is 4.13. The van der Waals surface area contributed by atoms with Gasteiger partial charge in [0.15, 0.2) is 5.12 Å². The second-order valence-electron chi connectivity index (χ2n) is 5.84. The Morgan fingerprint density at radius 2 is 0.929 bits per heavy atom. The van der Waals surface area contributed by atoms with Gasteiger partial charge in [0.1, 0.15) is 0 Å². The molecule has 0 atom stereocenters. The lowest BCUT2D eigenvalue weighted by Crippen LogP contribution is -1.80. The molecule has 3 aromatic carbocycles. The van der Waals surface area contributed by atoms with Crippen molar-refractivity contribution in [2.45, 2.75) is 6.92 Å². The highest BCUT2D eigenvalue weighted by molar-refractivity contribution is 8.17. The number of carbonyl (C=O) groups excluding carboxylic acids is 1. The lowest BCUT2D eigenvalue weighted by Gasteiger charge is -1.93. The summed E-state index contributed by atoms with van der Waals surface area (Å²) in [5.41, 5.74) is 4.67. The summed E-state index contributed by atoms with van der Waals surface area (Å²) in [4.78, 5) is 10.9. The number of thioether (sulfide) groups is 1. The van der Waals surface area contributed by atoms with Crippen molar-refractivity contribution >= 4 is 16.9 Å². The van der Waals surface area contributed by atoms with Crippen molar-refractivity contribution in [3.05, 3.63) is 107 Å². The van der Waals surface area contributed by atoms with E-state index < -0.39 is 0 Å². The van der Waals surface area contributed by atoms with E-state index in [0.717, 1.165) is 39.6 Å². The lowest BCUT2D eigenvalue weighted by atomic mass is 10.1. The molecule has 1 nitrogen and oxygen atoms in total. The molecule has 0 spiro atoms. The van der Waals surface area contributed by atoms with E-state index in [1.165, 1.54) is 6.92 Å². The third-order valence-electron chi connectivity index (χ3n) is 3.64. The average Bonchev–Trinajstić information content (AvgIpc) is 2.73. The predicted molar refractivity (Wildman–Crippen MR) is 116 cm³/mol. The molecule has 2 heteroatoms. The zero-order valence-corrected chi connectivity index (χ0v) is 16.1. The molecule has 0 aliphatic heterocycles. The van der Waals surface area contributed by atoms with Gasteiger partial charge in [-0.15, -0.1) is 0 Å². The van der Waals surface area contributed by atoms with Crippen LogP contribution in [0, 0.1) is 34.9 Å². The molecule has 0 fully saturated rings. The molecule has 0 saturated carbocycles. The van der Waals surface area contributed by atoms with E-state index in [0.29, 0.717) is 0 Å². The summed E-state index contributed by atoms with van der Waals surface area (Å²) in [5.74, 6) is 15.5. The summed E-state index contributed by atoms with van der Waals surface area (Å²) in [5, 5.41) is 2.77. The summed E-state index contributed by atoms with van der Waals surface area (Å²) in [6, 6.07) is 25.5. The summed E-state index contributed by atoms with van der Waals surface area (Å²) in [6.45, 7) is 1.50. The molecular formula is C26H16OS. The standard InChI is InChI=1S/C26H16OS/c1-21(27)28-20-19-26-17-15-25(16-18-26)14-13-24-11-9-23(10-12-24)8-7-22-5-3-2-4-6-22/h2-6,9-12,15-18H,1H3. The largest absolute Gasteiger partial charge is 0.287 e. The van der Waals surface area contributed by atoms with Gasteiger partial charge in [-0.25, -0.2) is 0 Å². The van der Waals surface area contributed by atoms with Gasteiger partial charge in [-0.3, -0.25) is 4.79 Å². The Morgan fingerprint density at radius 1 is 0.571 bits per heavy atom. The fraction of sp³-hybridized carbons (Fsp3) is 0.0385. The van der Waals surface area contributed by atoms with E-state index in [2.05, 4.69) is 34.9 Å². The van der Waals surface area contributed by atoms with Crippen molar-refractivity contribution in [2.75, 3.05) is 0 Å². The van der Waals surface area contributed by atoms with Crippen LogP contribution in [-0.2, 0) is 4.79 Å². The van der Waals surface area contributed by atoms with E-state index in [9.17, 15) is 4.79 Å². The van der Waals surface area contributed by atoms with Gasteiger partial charge in [-0.05, 0) is 65.9 Å². The fourth-order valence-electron chi connectivity index (χ4n) is 2.24. The van der Waals surface area contributed by atoms with Gasteiger partial charge in [0, 0.05) is 46.5 Å². The Bertz CT molecular complexity index is 1140. The van der Waals surface area contributed by atoms with Crippen molar-refractivity contribution in [2.24, 2.45) is 0 Å². The summed E-state index contributed by atoms with van der Waals surface area (Å²) in [7, 11) is 0. The van der Waals surface area contributed by atoms with Gasteiger partial charge < -0.3 is 0 Å². The quantitative estimate of drug-likeness (QED) is 0.509. The minimum atomic E-state index is -0.00736. The maximum absolute atomic E-state index is 10.9. The first-order chi connectivity index (χ1) is 13.7. The van der Waals surface area contributed by atoms with Gasteiger partial charge in [0.2, 0.25) is 0 Å². The molecule has 0 saturated heterocycles. The Labute approximate surface area is 170 Å². The van der Waals surface area contributed by atoms with E-state index in [1.54, 1.807) is 0 Å². The Balaban J connectivity index is 1.65. The molecule has 0 aliphatic rings. The number of carbonyl (C=O) groups is 1. The summed E-state index contributed by atoms with van der Waals surface area (Å²) >= 11 is 1.00. The Hall–Kier alpha value is -3.64.